The lowest BCUT2D eigenvalue weighted by Crippen LogP contribution is -2.16. The molecule has 1 aromatic carbocycles. The normalized spacial score (nSPS) is 11.6. The van der Waals surface area contributed by atoms with Gasteiger partial charge in [0.2, 0.25) is 0 Å². The van der Waals surface area contributed by atoms with Crippen molar-refractivity contribution in [2.75, 3.05) is 13.7 Å². The second kappa shape index (κ2) is 7.46. The largest absolute Gasteiger partial charge is 0.497 e. The van der Waals surface area contributed by atoms with Gasteiger partial charge in [0.05, 0.1) is 19.3 Å². The van der Waals surface area contributed by atoms with Crippen molar-refractivity contribution in [1.82, 2.24) is 5.32 Å². The number of nitrogens with one attached hydrogen (secondary N) is 1. The van der Waals surface area contributed by atoms with Gasteiger partial charge in [0.1, 0.15) is 5.75 Å². The van der Waals surface area contributed by atoms with E-state index in [0.29, 0.717) is 18.7 Å². The maximum absolute atomic E-state index is 11.5. The molecule has 0 aliphatic heterocycles. The van der Waals surface area contributed by atoms with Crippen LogP contribution in [0, 0.1) is 0 Å². The molecule has 0 radical (unpaired) electrons. The standard InChI is InChI=1S/C15H21NO3/c1-5-19-15(17)11(2)12(3)16-10-13-6-8-14(18-4)9-7-13/h6-9,16H,5,10H2,1-4H3/b12-11-. The first-order chi connectivity index (χ1) is 9.08. The fourth-order valence-corrected chi connectivity index (χ4v) is 1.50. The van der Waals surface area contributed by atoms with Gasteiger partial charge in [-0.15, -0.1) is 0 Å². The molecule has 0 saturated carbocycles. The number of carbonyl (C=O) groups excluding carboxylic acids is 1. The smallest absolute Gasteiger partial charge is 0.335 e. The van der Waals surface area contributed by atoms with Crippen LogP contribution in [0.3, 0.4) is 0 Å². The molecule has 0 spiro atoms. The second-order valence-electron chi connectivity index (χ2n) is 4.17. The van der Waals surface area contributed by atoms with Gasteiger partial charge < -0.3 is 14.8 Å². The maximum Gasteiger partial charge on any atom is 0.335 e. The van der Waals surface area contributed by atoms with Crippen LogP contribution in [0.2, 0.25) is 0 Å². The van der Waals surface area contributed by atoms with E-state index in [4.69, 9.17) is 9.47 Å². The number of esters is 1. The fourth-order valence-electron chi connectivity index (χ4n) is 1.50. The third-order valence-electron chi connectivity index (χ3n) is 2.86. The summed E-state index contributed by atoms with van der Waals surface area (Å²) in [6, 6.07) is 7.79. The molecule has 1 aromatic rings. The number of hydrogen-bond acceptors (Lipinski definition) is 4. The minimum Gasteiger partial charge on any atom is -0.497 e. The SMILES string of the molecule is CCOC(=O)/C(C)=C(/C)NCc1ccc(OC)cc1. The van der Waals surface area contributed by atoms with Gasteiger partial charge in [-0.25, -0.2) is 4.79 Å². The molecular weight excluding hydrogens is 242 g/mol. The van der Waals surface area contributed by atoms with Gasteiger partial charge in [-0.1, -0.05) is 12.1 Å². The van der Waals surface area contributed by atoms with Crippen LogP contribution in [0.25, 0.3) is 0 Å². The lowest BCUT2D eigenvalue weighted by atomic mass is 10.2. The number of carbonyl (C=O) groups is 1. The zero-order chi connectivity index (χ0) is 14.3. The van der Waals surface area contributed by atoms with Crippen molar-refractivity contribution in [3.8, 4) is 5.75 Å². The summed E-state index contributed by atoms with van der Waals surface area (Å²) in [6.45, 7) is 6.48. The van der Waals surface area contributed by atoms with Crippen LogP contribution >= 0.6 is 0 Å². The number of benzene rings is 1. The summed E-state index contributed by atoms with van der Waals surface area (Å²) < 4.78 is 10.1. The van der Waals surface area contributed by atoms with Crippen LogP contribution in [-0.4, -0.2) is 19.7 Å². The van der Waals surface area contributed by atoms with Crippen molar-refractivity contribution in [1.29, 1.82) is 0 Å². The summed E-state index contributed by atoms with van der Waals surface area (Å²) in [4.78, 5) is 11.5. The predicted molar refractivity (Wildman–Crippen MR) is 74.8 cm³/mol. The molecule has 0 fully saturated rings. The third kappa shape index (κ3) is 4.66. The lowest BCUT2D eigenvalue weighted by Gasteiger charge is -2.10. The van der Waals surface area contributed by atoms with E-state index in [2.05, 4.69) is 5.32 Å². The predicted octanol–water partition coefficient (Wildman–Crippen LogP) is 2.64. The lowest BCUT2D eigenvalue weighted by molar-refractivity contribution is -0.138. The maximum atomic E-state index is 11.5. The van der Waals surface area contributed by atoms with E-state index in [-0.39, 0.29) is 5.97 Å². The van der Waals surface area contributed by atoms with Crippen LogP contribution in [0.15, 0.2) is 35.5 Å². The Kier molecular flexibility index (Phi) is 5.93. The second-order valence-corrected chi connectivity index (χ2v) is 4.17. The van der Waals surface area contributed by atoms with Crippen molar-refractivity contribution in [2.24, 2.45) is 0 Å². The van der Waals surface area contributed by atoms with Gasteiger partial charge in [-0.2, -0.15) is 0 Å². The highest BCUT2D eigenvalue weighted by molar-refractivity contribution is 5.88. The van der Waals surface area contributed by atoms with E-state index in [1.165, 1.54) is 0 Å². The van der Waals surface area contributed by atoms with E-state index in [9.17, 15) is 4.79 Å². The van der Waals surface area contributed by atoms with Crippen molar-refractivity contribution < 1.29 is 14.3 Å². The van der Waals surface area contributed by atoms with Gasteiger partial charge in [-0.05, 0) is 38.5 Å². The third-order valence-corrected chi connectivity index (χ3v) is 2.86. The Morgan fingerprint density at radius 1 is 1.21 bits per heavy atom. The van der Waals surface area contributed by atoms with E-state index in [1.54, 1.807) is 21.0 Å². The van der Waals surface area contributed by atoms with Gasteiger partial charge in [0, 0.05) is 12.2 Å². The van der Waals surface area contributed by atoms with E-state index < -0.39 is 0 Å². The Morgan fingerprint density at radius 3 is 2.37 bits per heavy atom. The molecule has 19 heavy (non-hydrogen) atoms. The highest BCUT2D eigenvalue weighted by atomic mass is 16.5. The van der Waals surface area contributed by atoms with Crippen LogP contribution in [0.5, 0.6) is 5.75 Å². The van der Waals surface area contributed by atoms with Gasteiger partial charge >= 0.3 is 5.97 Å². The van der Waals surface area contributed by atoms with Crippen LogP contribution in [0.4, 0.5) is 0 Å². The average molecular weight is 263 g/mol. The molecule has 4 nitrogen and oxygen atoms in total. The molecule has 1 rings (SSSR count). The van der Waals surface area contributed by atoms with Crippen molar-refractivity contribution in [3.63, 3.8) is 0 Å². The van der Waals surface area contributed by atoms with Crippen molar-refractivity contribution in [2.45, 2.75) is 27.3 Å². The number of rotatable bonds is 6. The Bertz CT molecular complexity index is 449. The number of methoxy groups -OCH3 is 1. The summed E-state index contributed by atoms with van der Waals surface area (Å²) in [5.41, 5.74) is 2.56. The summed E-state index contributed by atoms with van der Waals surface area (Å²) in [7, 11) is 1.64. The highest BCUT2D eigenvalue weighted by Gasteiger charge is 2.08. The average Bonchev–Trinajstić information content (AvgIpc) is 2.44. The molecule has 0 aliphatic rings. The van der Waals surface area contributed by atoms with Crippen LogP contribution < -0.4 is 10.1 Å². The Labute approximate surface area is 114 Å². The zero-order valence-corrected chi connectivity index (χ0v) is 11.9. The zero-order valence-electron chi connectivity index (χ0n) is 11.9. The molecule has 0 heterocycles. The summed E-state index contributed by atoms with van der Waals surface area (Å²) in [6.07, 6.45) is 0. The summed E-state index contributed by atoms with van der Waals surface area (Å²) in [5, 5.41) is 3.21. The molecule has 0 atom stereocenters. The Morgan fingerprint density at radius 2 is 1.84 bits per heavy atom. The van der Waals surface area contributed by atoms with Gasteiger partial charge in [0.15, 0.2) is 0 Å². The number of ether oxygens (including phenoxy) is 2. The number of hydrogen-bond donors (Lipinski definition) is 1. The van der Waals surface area contributed by atoms with Gasteiger partial charge in [0.25, 0.3) is 0 Å². The first kappa shape index (κ1) is 15.1. The fraction of sp³-hybridized carbons (Fsp3) is 0.400. The summed E-state index contributed by atoms with van der Waals surface area (Å²) >= 11 is 0. The topological polar surface area (TPSA) is 47.6 Å². The minimum atomic E-state index is -0.276. The van der Waals surface area contributed by atoms with E-state index in [0.717, 1.165) is 17.0 Å². The molecule has 0 amide bonds. The van der Waals surface area contributed by atoms with Crippen molar-refractivity contribution in [3.05, 3.63) is 41.1 Å². The van der Waals surface area contributed by atoms with Gasteiger partial charge in [-0.3, -0.25) is 0 Å². The molecule has 0 aromatic heterocycles. The first-order valence-corrected chi connectivity index (χ1v) is 6.29. The molecule has 0 saturated heterocycles. The first-order valence-electron chi connectivity index (χ1n) is 6.29. The minimum absolute atomic E-state index is 0.276. The molecule has 0 bridgehead atoms. The molecule has 0 aliphatic carbocycles. The quantitative estimate of drug-likeness (QED) is 0.633. The van der Waals surface area contributed by atoms with E-state index in [1.807, 2.05) is 31.2 Å². The van der Waals surface area contributed by atoms with Crippen LogP contribution in [-0.2, 0) is 16.1 Å². The Hall–Kier alpha value is -1.97. The van der Waals surface area contributed by atoms with Crippen LogP contribution in [0.1, 0.15) is 26.3 Å². The molecule has 104 valence electrons. The molecule has 4 heteroatoms. The summed E-state index contributed by atoms with van der Waals surface area (Å²) in [5.74, 6) is 0.556. The van der Waals surface area contributed by atoms with Crippen molar-refractivity contribution >= 4 is 5.97 Å². The highest BCUT2D eigenvalue weighted by Crippen LogP contribution is 2.12. The monoisotopic (exact) mass is 263 g/mol. The molecule has 1 N–H and O–H groups in total. The van der Waals surface area contributed by atoms with E-state index >= 15 is 0 Å². The molecule has 0 unspecified atom stereocenters. The Balaban J connectivity index is 2.59. The number of allylic oxidation sites excluding steroid dienone is 1. The molecular formula is C15H21NO3.